The number of nitrogens with zero attached hydrogens (tertiary/aromatic N) is 2. The summed E-state index contributed by atoms with van der Waals surface area (Å²) in [5.41, 5.74) is 0.137. The van der Waals surface area contributed by atoms with E-state index in [1.54, 1.807) is 6.92 Å². The van der Waals surface area contributed by atoms with Crippen molar-refractivity contribution in [1.82, 2.24) is 4.57 Å². The van der Waals surface area contributed by atoms with Crippen molar-refractivity contribution in [3.05, 3.63) is 49.9 Å². The standard InChI is InChI=1S/C12H14N2O5/c1-8(12(16)19-3)4-5-13-7-10(14(17)18)9(2)6-11(13)15/h4,6-7H,5H2,1-3H3. The van der Waals surface area contributed by atoms with E-state index in [4.69, 9.17) is 0 Å². The summed E-state index contributed by atoms with van der Waals surface area (Å²) < 4.78 is 5.67. The lowest BCUT2D eigenvalue weighted by Gasteiger charge is -2.04. The molecule has 0 spiro atoms. The van der Waals surface area contributed by atoms with Crippen molar-refractivity contribution in [2.75, 3.05) is 7.11 Å². The summed E-state index contributed by atoms with van der Waals surface area (Å²) in [7, 11) is 1.25. The SMILES string of the molecule is COC(=O)C(C)=CCn1cc([N+](=O)[O-])c(C)cc1=O. The topological polar surface area (TPSA) is 91.4 Å². The first-order valence-electron chi connectivity index (χ1n) is 5.47. The van der Waals surface area contributed by atoms with Gasteiger partial charge in [0.05, 0.1) is 18.2 Å². The molecule has 0 aliphatic carbocycles. The van der Waals surface area contributed by atoms with E-state index < -0.39 is 10.9 Å². The molecular weight excluding hydrogens is 252 g/mol. The first kappa shape index (κ1) is 14.6. The van der Waals surface area contributed by atoms with Gasteiger partial charge < -0.3 is 9.30 Å². The Morgan fingerprint density at radius 2 is 2.21 bits per heavy atom. The predicted molar refractivity (Wildman–Crippen MR) is 67.9 cm³/mol. The Kier molecular flexibility index (Phi) is 4.57. The van der Waals surface area contributed by atoms with Crippen LogP contribution in [-0.4, -0.2) is 22.6 Å². The number of rotatable bonds is 4. The van der Waals surface area contributed by atoms with Crippen molar-refractivity contribution in [3.63, 3.8) is 0 Å². The van der Waals surface area contributed by atoms with Crippen LogP contribution >= 0.6 is 0 Å². The molecule has 0 radical (unpaired) electrons. The second kappa shape index (κ2) is 5.94. The van der Waals surface area contributed by atoms with Gasteiger partial charge in [-0.05, 0) is 13.8 Å². The lowest BCUT2D eigenvalue weighted by Crippen LogP contribution is -2.19. The minimum absolute atomic E-state index is 0.0703. The molecule has 1 aromatic heterocycles. The van der Waals surface area contributed by atoms with Gasteiger partial charge in [-0.2, -0.15) is 0 Å². The second-order valence-corrected chi connectivity index (χ2v) is 3.97. The molecule has 0 unspecified atom stereocenters. The third-order valence-electron chi connectivity index (χ3n) is 2.60. The van der Waals surface area contributed by atoms with Crippen LogP contribution in [-0.2, 0) is 16.1 Å². The Morgan fingerprint density at radius 3 is 2.74 bits per heavy atom. The molecule has 0 aromatic carbocycles. The summed E-state index contributed by atoms with van der Waals surface area (Å²) in [6, 6.07) is 1.19. The van der Waals surface area contributed by atoms with E-state index in [9.17, 15) is 19.7 Å². The maximum atomic E-state index is 11.7. The van der Waals surface area contributed by atoms with E-state index in [-0.39, 0.29) is 17.8 Å². The largest absolute Gasteiger partial charge is 0.466 e. The van der Waals surface area contributed by atoms with Crippen molar-refractivity contribution in [1.29, 1.82) is 0 Å². The molecule has 7 nitrogen and oxygen atoms in total. The van der Waals surface area contributed by atoms with Crippen molar-refractivity contribution >= 4 is 11.7 Å². The minimum atomic E-state index is -0.553. The summed E-state index contributed by atoms with van der Waals surface area (Å²) in [5.74, 6) is -0.505. The monoisotopic (exact) mass is 266 g/mol. The van der Waals surface area contributed by atoms with Crippen molar-refractivity contribution in [3.8, 4) is 0 Å². The predicted octanol–water partition coefficient (Wildman–Crippen LogP) is 1.18. The summed E-state index contributed by atoms with van der Waals surface area (Å²) in [6.07, 6.45) is 2.64. The number of carbonyl (C=O) groups is 1. The van der Waals surface area contributed by atoms with Crippen molar-refractivity contribution in [2.45, 2.75) is 20.4 Å². The number of nitro groups is 1. The van der Waals surface area contributed by atoms with E-state index in [2.05, 4.69) is 4.74 Å². The average molecular weight is 266 g/mol. The number of ether oxygens (including phenoxy) is 1. The molecule has 0 aliphatic rings. The summed E-state index contributed by atoms with van der Waals surface area (Å²) in [5, 5.41) is 10.8. The van der Waals surface area contributed by atoms with Crippen LogP contribution < -0.4 is 5.56 Å². The highest BCUT2D eigenvalue weighted by Gasteiger charge is 2.13. The van der Waals surface area contributed by atoms with Gasteiger partial charge in [0.25, 0.3) is 11.2 Å². The highest BCUT2D eigenvalue weighted by Crippen LogP contribution is 2.14. The van der Waals surface area contributed by atoms with Gasteiger partial charge in [0, 0.05) is 23.7 Å². The number of hydrogen-bond donors (Lipinski definition) is 0. The molecule has 0 saturated heterocycles. The van der Waals surface area contributed by atoms with Crippen LogP contribution in [0.15, 0.2) is 28.7 Å². The molecule has 0 fully saturated rings. The lowest BCUT2D eigenvalue weighted by atomic mass is 10.2. The fourth-order valence-corrected chi connectivity index (χ4v) is 1.47. The summed E-state index contributed by atoms with van der Waals surface area (Å²) in [4.78, 5) is 33.0. The number of aromatic nitrogens is 1. The maximum absolute atomic E-state index is 11.7. The van der Waals surface area contributed by atoms with Gasteiger partial charge in [-0.25, -0.2) is 4.79 Å². The Bertz CT molecular complexity index is 601. The zero-order valence-electron chi connectivity index (χ0n) is 10.9. The Hall–Kier alpha value is -2.44. The molecule has 0 saturated carbocycles. The number of methoxy groups -OCH3 is 1. The van der Waals surface area contributed by atoms with E-state index in [0.29, 0.717) is 11.1 Å². The zero-order valence-corrected chi connectivity index (χ0v) is 10.9. The average Bonchev–Trinajstić information content (AvgIpc) is 2.35. The summed E-state index contributed by atoms with van der Waals surface area (Å²) >= 11 is 0. The molecule has 0 atom stereocenters. The van der Waals surface area contributed by atoms with E-state index >= 15 is 0 Å². The van der Waals surface area contributed by atoms with Gasteiger partial charge in [0.1, 0.15) is 0 Å². The molecule has 19 heavy (non-hydrogen) atoms. The smallest absolute Gasteiger partial charge is 0.333 e. The van der Waals surface area contributed by atoms with Crippen LogP contribution in [0.25, 0.3) is 0 Å². The number of allylic oxidation sites excluding steroid dienone is 1. The van der Waals surface area contributed by atoms with E-state index in [1.807, 2.05) is 0 Å². The third kappa shape index (κ3) is 3.51. The van der Waals surface area contributed by atoms with Crippen LogP contribution in [0.4, 0.5) is 5.69 Å². The fourth-order valence-electron chi connectivity index (χ4n) is 1.47. The van der Waals surface area contributed by atoms with Gasteiger partial charge in [-0.15, -0.1) is 0 Å². The highest BCUT2D eigenvalue weighted by molar-refractivity contribution is 5.87. The van der Waals surface area contributed by atoms with Gasteiger partial charge in [0.15, 0.2) is 0 Å². The van der Waals surface area contributed by atoms with Crippen LogP contribution in [0.1, 0.15) is 12.5 Å². The Balaban J connectivity index is 3.09. The highest BCUT2D eigenvalue weighted by atomic mass is 16.6. The number of pyridine rings is 1. The van der Waals surface area contributed by atoms with E-state index in [1.165, 1.54) is 32.4 Å². The van der Waals surface area contributed by atoms with Crippen molar-refractivity contribution in [2.24, 2.45) is 0 Å². The third-order valence-corrected chi connectivity index (χ3v) is 2.60. The van der Waals surface area contributed by atoms with E-state index in [0.717, 1.165) is 4.57 Å². The fraction of sp³-hybridized carbons (Fsp3) is 0.333. The maximum Gasteiger partial charge on any atom is 0.333 e. The zero-order chi connectivity index (χ0) is 14.6. The molecule has 0 N–H and O–H groups in total. The molecule has 1 rings (SSSR count). The first-order chi connectivity index (χ1) is 8.86. The number of aryl methyl sites for hydroxylation is 1. The molecule has 0 bridgehead atoms. The normalized spacial score (nSPS) is 11.2. The number of hydrogen-bond acceptors (Lipinski definition) is 5. The Morgan fingerprint density at radius 1 is 1.58 bits per heavy atom. The van der Waals surface area contributed by atoms with Crippen LogP contribution in [0.3, 0.4) is 0 Å². The second-order valence-electron chi connectivity index (χ2n) is 3.97. The molecule has 0 amide bonds. The first-order valence-corrected chi connectivity index (χ1v) is 5.47. The number of carbonyl (C=O) groups excluding carboxylic acids is 1. The lowest BCUT2D eigenvalue weighted by molar-refractivity contribution is -0.385. The van der Waals surface area contributed by atoms with Crippen LogP contribution in [0.5, 0.6) is 0 Å². The van der Waals surface area contributed by atoms with Crippen LogP contribution in [0, 0.1) is 17.0 Å². The van der Waals surface area contributed by atoms with Gasteiger partial charge in [-0.1, -0.05) is 6.08 Å². The molecule has 102 valence electrons. The molecular formula is C12H14N2O5. The van der Waals surface area contributed by atoms with Crippen molar-refractivity contribution < 1.29 is 14.5 Å². The Labute approximate surface area is 109 Å². The van der Waals surface area contributed by atoms with Gasteiger partial charge in [-0.3, -0.25) is 14.9 Å². The number of esters is 1. The minimum Gasteiger partial charge on any atom is -0.466 e. The molecule has 7 heteroatoms. The van der Waals surface area contributed by atoms with Gasteiger partial charge in [0.2, 0.25) is 0 Å². The van der Waals surface area contributed by atoms with Gasteiger partial charge >= 0.3 is 5.97 Å². The molecule has 0 aliphatic heterocycles. The van der Waals surface area contributed by atoms with Crippen LogP contribution in [0.2, 0.25) is 0 Å². The quantitative estimate of drug-likeness (QED) is 0.353. The summed E-state index contributed by atoms with van der Waals surface area (Å²) in [6.45, 7) is 3.11. The molecule has 1 heterocycles. The molecule has 1 aromatic rings.